The van der Waals surface area contributed by atoms with Crippen molar-refractivity contribution in [3.05, 3.63) is 64.1 Å². The first-order valence-electron chi connectivity index (χ1n) is 8.34. The van der Waals surface area contributed by atoms with Crippen LogP contribution in [0.4, 0.5) is 5.69 Å². The number of hydrogen-bond donors (Lipinski definition) is 0. The van der Waals surface area contributed by atoms with E-state index in [9.17, 15) is 9.59 Å². The summed E-state index contributed by atoms with van der Waals surface area (Å²) in [6.07, 6.45) is 1.89. The summed E-state index contributed by atoms with van der Waals surface area (Å²) < 4.78 is 1.01. The van der Waals surface area contributed by atoms with Gasteiger partial charge in [0.15, 0.2) is 0 Å². The Morgan fingerprint density at radius 1 is 1.04 bits per heavy atom. The second-order valence-electron chi connectivity index (χ2n) is 6.48. The topological polar surface area (TPSA) is 40.6 Å². The summed E-state index contributed by atoms with van der Waals surface area (Å²) >= 11 is 3.42. The van der Waals surface area contributed by atoms with E-state index < -0.39 is 0 Å². The standard InChI is InChI=1S/C20H21BrN2O2/c1-22(13-14-7-11-16(21)12-8-14)20(25)17-5-3-4-6-18(17)23(2)19(24)15-9-10-15/h3-8,11-12,15H,9-10,13H2,1-2H3. The van der Waals surface area contributed by atoms with E-state index in [2.05, 4.69) is 15.9 Å². The molecule has 4 nitrogen and oxygen atoms in total. The highest BCUT2D eigenvalue weighted by Crippen LogP contribution is 2.33. The third-order valence-corrected chi connectivity index (χ3v) is 4.96. The minimum absolute atomic E-state index is 0.0889. The minimum atomic E-state index is -0.0889. The van der Waals surface area contributed by atoms with Crippen molar-refractivity contribution in [2.24, 2.45) is 5.92 Å². The molecular formula is C20H21BrN2O2. The summed E-state index contributed by atoms with van der Waals surface area (Å²) in [4.78, 5) is 28.6. The maximum Gasteiger partial charge on any atom is 0.256 e. The van der Waals surface area contributed by atoms with Gasteiger partial charge in [-0.25, -0.2) is 0 Å². The molecule has 130 valence electrons. The third kappa shape index (κ3) is 4.10. The monoisotopic (exact) mass is 400 g/mol. The van der Waals surface area contributed by atoms with Gasteiger partial charge in [-0.2, -0.15) is 0 Å². The molecule has 2 amide bonds. The lowest BCUT2D eigenvalue weighted by atomic mass is 10.1. The first-order chi connectivity index (χ1) is 12.0. The number of carbonyl (C=O) groups excluding carboxylic acids is 2. The number of para-hydroxylation sites is 1. The van der Waals surface area contributed by atoms with Crippen LogP contribution in [0.25, 0.3) is 0 Å². The molecule has 0 aliphatic heterocycles. The van der Waals surface area contributed by atoms with Crippen molar-refractivity contribution in [2.45, 2.75) is 19.4 Å². The molecule has 0 N–H and O–H groups in total. The van der Waals surface area contributed by atoms with Crippen LogP contribution in [-0.2, 0) is 11.3 Å². The van der Waals surface area contributed by atoms with Crippen LogP contribution < -0.4 is 4.90 Å². The molecule has 2 aromatic carbocycles. The second kappa shape index (κ2) is 7.40. The quantitative estimate of drug-likeness (QED) is 0.757. The molecule has 0 aromatic heterocycles. The smallest absolute Gasteiger partial charge is 0.256 e. The van der Waals surface area contributed by atoms with Crippen molar-refractivity contribution in [1.82, 2.24) is 4.90 Å². The third-order valence-electron chi connectivity index (χ3n) is 4.43. The highest BCUT2D eigenvalue weighted by Gasteiger charge is 2.33. The van der Waals surface area contributed by atoms with Crippen molar-refractivity contribution in [2.75, 3.05) is 19.0 Å². The van der Waals surface area contributed by atoms with Crippen LogP contribution >= 0.6 is 15.9 Å². The predicted octanol–water partition coefficient (Wildman–Crippen LogP) is 4.09. The maximum atomic E-state index is 12.9. The second-order valence-corrected chi connectivity index (χ2v) is 7.39. The maximum absolute atomic E-state index is 12.9. The number of amides is 2. The number of anilines is 1. The van der Waals surface area contributed by atoms with Crippen molar-refractivity contribution in [1.29, 1.82) is 0 Å². The van der Waals surface area contributed by atoms with Crippen LogP contribution in [0.2, 0.25) is 0 Å². The van der Waals surface area contributed by atoms with E-state index in [4.69, 9.17) is 0 Å². The normalized spacial score (nSPS) is 13.4. The highest BCUT2D eigenvalue weighted by atomic mass is 79.9. The fourth-order valence-corrected chi connectivity index (χ4v) is 3.08. The lowest BCUT2D eigenvalue weighted by Gasteiger charge is -2.23. The van der Waals surface area contributed by atoms with Crippen LogP contribution in [0.15, 0.2) is 53.0 Å². The van der Waals surface area contributed by atoms with Gasteiger partial charge in [0.2, 0.25) is 5.91 Å². The van der Waals surface area contributed by atoms with Gasteiger partial charge in [0.05, 0.1) is 11.3 Å². The molecule has 25 heavy (non-hydrogen) atoms. The molecule has 0 atom stereocenters. The fraction of sp³-hybridized carbons (Fsp3) is 0.300. The summed E-state index contributed by atoms with van der Waals surface area (Å²) in [6.45, 7) is 0.515. The Labute approximate surface area is 156 Å². The van der Waals surface area contributed by atoms with Gasteiger partial charge in [-0.3, -0.25) is 9.59 Å². The van der Waals surface area contributed by atoms with E-state index in [0.717, 1.165) is 22.9 Å². The molecule has 1 fully saturated rings. The van der Waals surface area contributed by atoms with E-state index in [1.807, 2.05) is 42.5 Å². The Morgan fingerprint density at radius 2 is 1.68 bits per heavy atom. The van der Waals surface area contributed by atoms with E-state index in [-0.39, 0.29) is 17.7 Å². The molecule has 0 spiro atoms. The van der Waals surface area contributed by atoms with Crippen molar-refractivity contribution >= 4 is 33.4 Å². The van der Waals surface area contributed by atoms with Gasteiger partial charge < -0.3 is 9.80 Å². The molecule has 5 heteroatoms. The molecule has 1 aliphatic rings. The first-order valence-corrected chi connectivity index (χ1v) is 9.13. The summed E-state index contributed by atoms with van der Waals surface area (Å²) in [5.74, 6) is 0.124. The Balaban J connectivity index is 1.79. The molecule has 0 unspecified atom stereocenters. The van der Waals surface area contributed by atoms with Gasteiger partial charge in [-0.1, -0.05) is 40.2 Å². The summed E-state index contributed by atoms with van der Waals surface area (Å²) in [6, 6.07) is 15.2. The number of benzene rings is 2. The number of hydrogen-bond acceptors (Lipinski definition) is 2. The average Bonchev–Trinajstić information content (AvgIpc) is 3.47. The van der Waals surface area contributed by atoms with Gasteiger partial charge in [-0.05, 0) is 42.7 Å². The van der Waals surface area contributed by atoms with E-state index in [0.29, 0.717) is 17.8 Å². The van der Waals surface area contributed by atoms with Gasteiger partial charge in [-0.15, -0.1) is 0 Å². The summed E-state index contributed by atoms with van der Waals surface area (Å²) in [7, 11) is 3.53. The zero-order valence-corrected chi connectivity index (χ0v) is 16.0. The average molecular weight is 401 g/mol. The molecular weight excluding hydrogens is 380 g/mol. The molecule has 2 aromatic rings. The molecule has 3 rings (SSSR count). The van der Waals surface area contributed by atoms with Crippen molar-refractivity contribution in [3.63, 3.8) is 0 Å². The zero-order valence-electron chi connectivity index (χ0n) is 14.4. The molecule has 0 bridgehead atoms. The molecule has 0 heterocycles. The number of rotatable bonds is 5. The van der Waals surface area contributed by atoms with Crippen LogP contribution in [0.5, 0.6) is 0 Å². The Hall–Kier alpha value is -2.14. The summed E-state index contributed by atoms with van der Waals surface area (Å²) in [5.41, 5.74) is 2.28. The van der Waals surface area contributed by atoms with Gasteiger partial charge in [0.25, 0.3) is 5.91 Å². The number of halogens is 1. The molecule has 0 saturated heterocycles. The van der Waals surface area contributed by atoms with Gasteiger partial charge >= 0.3 is 0 Å². The van der Waals surface area contributed by atoms with Crippen molar-refractivity contribution < 1.29 is 9.59 Å². The van der Waals surface area contributed by atoms with E-state index in [1.165, 1.54) is 0 Å². The van der Waals surface area contributed by atoms with Gasteiger partial charge in [0, 0.05) is 31.0 Å². The highest BCUT2D eigenvalue weighted by molar-refractivity contribution is 9.10. The number of carbonyl (C=O) groups is 2. The molecule has 1 aliphatic carbocycles. The first kappa shape index (κ1) is 17.7. The largest absolute Gasteiger partial charge is 0.337 e. The Bertz CT molecular complexity index is 785. The van der Waals surface area contributed by atoms with Gasteiger partial charge in [0.1, 0.15) is 0 Å². The summed E-state index contributed by atoms with van der Waals surface area (Å²) in [5, 5.41) is 0. The Morgan fingerprint density at radius 3 is 2.32 bits per heavy atom. The number of nitrogens with zero attached hydrogens (tertiary/aromatic N) is 2. The molecule has 1 saturated carbocycles. The fourth-order valence-electron chi connectivity index (χ4n) is 2.81. The van der Waals surface area contributed by atoms with Crippen LogP contribution in [0.1, 0.15) is 28.8 Å². The lowest BCUT2D eigenvalue weighted by Crippen LogP contribution is -2.32. The zero-order chi connectivity index (χ0) is 18.0. The lowest BCUT2D eigenvalue weighted by molar-refractivity contribution is -0.119. The van der Waals surface area contributed by atoms with Crippen LogP contribution in [-0.4, -0.2) is 30.8 Å². The minimum Gasteiger partial charge on any atom is -0.337 e. The van der Waals surface area contributed by atoms with Crippen LogP contribution in [0, 0.1) is 5.92 Å². The molecule has 0 radical (unpaired) electrons. The SMILES string of the molecule is CN(Cc1ccc(Br)cc1)C(=O)c1ccccc1N(C)C(=O)C1CC1. The van der Waals surface area contributed by atoms with Crippen molar-refractivity contribution in [3.8, 4) is 0 Å². The Kier molecular flexibility index (Phi) is 5.23. The van der Waals surface area contributed by atoms with Crippen LogP contribution in [0.3, 0.4) is 0 Å². The predicted molar refractivity (Wildman–Crippen MR) is 103 cm³/mol. The van der Waals surface area contributed by atoms with E-state index >= 15 is 0 Å². The van der Waals surface area contributed by atoms with E-state index in [1.54, 1.807) is 30.0 Å².